The number of aliphatic hydroxyl groups is 1. The lowest BCUT2D eigenvalue weighted by molar-refractivity contribution is 0.112. The predicted molar refractivity (Wildman–Crippen MR) is 53.6 cm³/mol. The first-order valence-electron chi connectivity index (χ1n) is 5.61. The molecule has 2 atom stereocenters. The van der Waals surface area contributed by atoms with Crippen molar-refractivity contribution in [2.24, 2.45) is 11.3 Å². The van der Waals surface area contributed by atoms with E-state index < -0.39 is 0 Å². The van der Waals surface area contributed by atoms with Crippen LogP contribution in [-0.2, 0) is 0 Å². The third kappa shape index (κ3) is 1.50. The average molecular weight is 183 g/mol. The predicted octanol–water partition coefficient (Wildman–Crippen LogP) is 1.54. The molecule has 1 heterocycles. The molecule has 1 saturated heterocycles. The summed E-state index contributed by atoms with van der Waals surface area (Å²) in [5, 5.41) is 12.7. The fourth-order valence-electron chi connectivity index (χ4n) is 3.27. The molecule has 2 nitrogen and oxygen atoms in total. The number of nitrogens with one attached hydrogen (secondary N) is 1. The highest BCUT2D eigenvalue weighted by molar-refractivity contribution is 4.99. The van der Waals surface area contributed by atoms with Crippen molar-refractivity contribution in [3.05, 3.63) is 0 Å². The van der Waals surface area contributed by atoms with Gasteiger partial charge in [0, 0.05) is 6.04 Å². The third-order valence-electron chi connectivity index (χ3n) is 4.32. The van der Waals surface area contributed by atoms with E-state index in [-0.39, 0.29) is 0 Å². The lowest BCUT2D eigenvalue weighted by Gasteiger charge is -2.36. The van der Waals surface area contributed by atoms with Crippen molar-refractivity contribution in [3.8, 4) is 0 Å². The Hall–Kier alpha value is -0.0800. The normalized spacial score (nSPS) is 41.5. The first kappa shape index (κ1) is 9.47. The molecule has 2 heteroatoms. The smallest absolute Gasteiger partial charge is 0.0590 e. The zero-order chi connectivity index (χ0) is 9.31. The molecule has 2 aliphatic rings. The van der Waals surface area contributed by atoms with E-state index in [9.17, 15) is 5.11 Å². The van der Waals surface area contributed by atoms with E-state index in [4.69, 9.17) is 0 Å². The van der Waals surface area contributed by atoms with Crippen molar-refractivity contribution in [2.45, 2.75) is 45.1 Å². The van der Waals surface area contributed by atoms with Gasteiger partial charge in [-0.2, -0.15) is 0 Å². The Bertz CT molecular complexity index is 177. The molecular weight excluding hydrogens is 162 g/mol. The largest absolute Gasteiger partial charge is 0.395 e. The molecule has 2 rings (SSSR count). The van der Waals surface area contributed by atoms with Crippen LogP contribution < -0.4 is 5.32 Å². The molecular formula is C11H21NO. The van der Waals surface area contributed by atoms with Gasteiger partial charge >= 0.3 is 0 Å². The summed E-state index contributed by atoms with van der Waals surface area (Å²) in [6.45, 7) is 3.77. The molecule has 76 valence electrons. The maximum Gasteiger partial charge on any atom is 0.0590 e. The lowest BCUT2D eigenvalue weighted by Crippen LogP contribution is -2.41. The van der Waals surface area contributed by atoms with Crippen molar-refractivity contribution < 1.29 is 5.11 Å². The van der Waals surface area contributed by atoms with Gasteiger partial charge in [-0.15, -0.1) is 0 Å². The Balaban J connectivity index is 2.07. The average Bonchev–Trinajstić information content (AvgIpc) is 2.72. The Kier molecular flexibility index (Phi) is 2.61. The van der Waals surface area contributed by atoms with Gasteiger partial charge < -0.3 is 10.4 Å². The summed E-state index contributed by atoms with van der Waals surface area (Å²) in [6, 6.07) is 0.357. The molecule has 0 spiro atoms. The highest BCUT2D eigenvalue weighted by Gasteiger charge is 2.44. The number of aliphatic hydroxyl groups excluding tert-OH is 1. The summed E-state index contributed by atoms with van der Waals surface area (Å²) >= 11 is 0. The molecule has 2 unspecified atom stereocenters. The summed E-state index contributed by atoms with van der Waals surface area (Å²) < 4.78 is 0. The molecule has 13 heavy (non-hydrogen) atoms. The lowest BCUT2D eigenvalue weighted by atomic mass is 9.71. The van der Waals surface area contributed by atoms with E-state index in [2.05, 4.69) is 12.2 Å². The zero-order valence-electron chi connectivity index (χ0n) is 8.55. The van der Waals surface area contributed by atoms with Crippen LogP contribution in [0.25, 0.3) is 0 Å². The Labute approximate surface area is 80.7 Å². The van der Waals surface area contributed by atoms with E-state index in [0.717, 1.165) is 12.5 Å². The second-order valence-electron chi connectivity index (χ2n) is 4.93. The van der Waals surface area contributed by atoms with Crippen LogP contribution in [0.2, 0.25) is 0 Å². The Morgan fingerprint density at radius 1 is 1.38 bits per heavy atom. The van der Waals surface area contributed by atoms with Gasteiger partial charge in [0.05, 0.1) is 6.61 Å². The molecule has 2 fully saturated rings. The molecule has 0 aromatic carbocycles. The molecule has 1 saturated carbocycles. The fraction of sp³-hybridized carbons (Fsp3) is 1.00. The summed E-state index contributed by atoms with van der Waals surface area (Å²) in [5.41, 5.74) is 0.380. The second-order valence-corrected chi connectivity index (χ2v) is 4.93. The van der Waals surface area contributed by atoms with Crippen molar-refractivity contribution in [1.82, 2.24) is 5.32 Å². The molecule has 0 bridgehead atoms. The minimum atomic E-state index is 0.312. The third-order valence-corrected chi connectivity index (χ3v) is 4.32. The molecule has 1 aliphatic carbocycles. The van der Waals surface area contributed by atoms with Crippen LogP contribution in [0.4, 0.5) is 0 Å². The summed E-state index contributed by atoms with van der Waals surface area (Å²) in [7, 11) is 0. The topological polar surface area (TPSA) is 32.3 Å². The number of rotatable bonds is 2. The molecule has 1 aliphatic heterocycles. The van der Waals surface area contributed by atoms with Crippen LogP contribution in [0.1, 0.15) is 39.0 Å². The van der Waals surface area contributed by atoms with Gasteiger partial charge in [0.2, 0.25) is 0 Å². The van der Waals surface area contributed by atoms with E-state index in [1.54, 1.807) is 0 Å². The highest BCUT2D eigenvalue weighted by Crippen LogP contribution is 2.46. The summed E-state index contributed by atoms with van der Waals surface area (Å²) in [4.78, 5) is 0. The SMILES string of the molecule is CC1(C2CCCC2)CCNC1CO. The quantitative estimate of drug-likeness (QED) is 0.680. The highest BCUT2D eigenvalue weighted by atomic mass is 16.3. The monoisotopic (exact) mass is 183 g/mol. The minimum Gasteiger partial charge on any atom is -0.395 e. The number of hydrogen-bond donors (Lipinski definition) is 2. The van der Waals surface area contributed by atoms with Crippen LogP contribution in [-0.4, -0.2) is 24.3 Å². The van der Waals surface area contributed by atoms with Gasteiger partial charge in [0.1, 0.15) is 0 Å². The summed E-state index contributed by atoms with van der Waals surface area (Å²) in [5.74, 6) is 0.861. The Morgan fingerprint density at radius 2 is 2.08 bits per heavy atom. The van der Waals surface area contributed by atoms with E-state index in [1.807, 2.05) is 0 Å². The van der Waals surface area contributed by atoms with Crippen LogP contribution in [0.3, 0.4) is 0 Å². The standard InChI is InChI=1S/C11H21NO/c1-11(9-4-2-3-5-9)6-7-12-10(11)8-13/h9-10,12-13H,2-8H2,1H3. The van der Waals surface area contributed by atoms with Crippen LogP contribution in [0.15, 0.2) is 0 Å². The van der Waals surface area contributed by atoms with Gasteiger partial charge in [-0.05, 0) is 37.1 Å². The Morgan fingerprint density at radius 3 is 2.69 bits per heavy atom. The minimum absolute atomic E-state index is 0.312. The van der Waals surface area contributed by atoms with Crippen molar-refractivity contribution in [1.29, 1.82) is 0 Å². The van der Waals surface area contributed by atoms with Crippen molar-refractivity contribution in [2.75, 3.05) is 13.2 Å². The molecule has 0 aromatic heterocycles. The van der Waals surface area contributed by atoms with Crippen molar-refractivity contribution in [3.63, 3.8) is 0 Å². The van der Waals surface area contributed by atoms with Crippen LogP contribution in [0, 0.1) is 11.3 Å². The molecule has 0 aromatic rings. The number of hydrogen-bond acceptors (Lipinski definition) is 2. The van der Waals surface area contributed by atoms with Gasteiger partial charge in [0.25, 0.3) is 0 Å². The maximum atomic E-state index is 9.30. The molecule has 0 radical (unpaired) electrons. The van der Waals surface area contributed by atoms with E-state index in [1.165, 1.54) is 32.1 Å². The van der Waals surface area contributed by atoms with E-state index >= 15 is 0 Å². The van der Waals surface area contributed by atoms with E-state index in [0.29, 0.717) is 18.1 Å². The van der Waals surface area contributed by atoms with Gasteiger partial charge in [-0.1, -0.05) is 19.8 Å². The first-order chi connectivity index (χ1) is 6.27. The van der Waals surface area contributed by atoms with Gasteiger partial charge in [-0.25, -0.2) is 0 Å². The molecule has 2 N–H and O–H groups in total. The maximum absolute atomic E-state index is 9.30. The first-order valence-corrected chi connectivity index (χ1v) is 5.61. The zero-order valence-corrected chi connectivity index (χ0v) is 8.55. The van der Waals surface area contributed by atoms with Crippen LogP contribution in [0.5, 0.6) is 0 Å². The summed E-state index contributed by atoms with van der Waals surface area (Å²) in [6.07, 6.45) is 6.82. The van der Waals surface area contributed by atoms with Gasteiger partial charge in [-0.3, -0.25) is 0 Å². The van der Waals surface area contributed by atoms with Crippen molar-refractivity contribution >= 4 is 0 Å². The second kappa shape index (κ2) is 3.58. The fourth-order valence-corrected chi connectivity index (χ4v) is 3.27. The molecule has 0 amide bonds. The van der Waals surface area contributed by atoms with Gasteiger partial charge in [0.15, 0.2) is 0 Å². The van der Waals surface area contributed by atoms with Crippen LogP contribution >= 0.6 is 0 Å².